The van der Waals surface area contributed by atoms with Crippen LogP contribution in [0.2, 0.25) is 0 Å². The third-order valence-corrected chi connectivity index (χ3v) is 6.63. The molecule has 0 fully saturated rings. The zero-order valence-corrected chi connectivity index (χ0v) is 22.7. The van der Waals surface area contributed by atoms with Gasteiger partial charge in [-0.2, -0.15) is 0 Å². The van der Waals surface area contributed by atoms with Crippen LogP contribution in [0.4, 0.5) is 5.69 Å². The summed E-state index contributed by atoms with van der Waals surface area (Å²) in [7, 11) is 0. The number of amides is 1. The molecule has 1 N–H and O–H groups in total. The first-order chi connectivity index (χ1) is 18.6. The molecular weight excluding hydrogens is 470 g/mol. The fourth-order valence-electron chi connectivity index (χ4n) is 4.55. The predicted molar refractivity (Wildman–Crippen MR) is 154 cm³/mol. The quantitative estimate of drug-likeness (QED) is 0.242. The number of carbonyl (C=O) groups is 1. The number of hydrogen-bond donors (Lipinski definition) is 1. The van der Waals surface area contributed by atoms with Gasteiger partial charge in [0, 0.05) is 48.4 Å². The Balaban J connectivity index is 1.40. The lowest BCUT2D eigenvalue weighted by Crippen LogP contribution is -2.27. The van der Waals surface area contributed by atoms with Gasteiger partial charge in [-0.05, 0) is 98.4 Å². The van der Waals surface area contributed by atoms with Crippen molar-refractivity contribution in [1.82, 2.24) is 19.9 Å². The topological polar surface area (TPSA) is 71.0 Å². The molecule has 0 unspecified atom stereocenters. The normalized spacial score (nSPS) is 11.1. The van der Waals surface area contributed by atoms with Gasteiger partial charge in [0.05, 0.1) is 5.69 Å². The maximum Gasteiger partial charge on any atom is 0.255 e. The second-order valence-corrected chi connectivity index (χ2v) is 9.66. The number of carbonyl (C=O) groups excluding carboxylic acids is 1. The molecule has 0 saturated heterocycles. The number of anilines is 1. The van der Waals surface area contributed by atoms with Gasteiger partial charge >= 0.3 is 0 Å². The monoisotopic (exact) mass is 507 g/mol. The SMILES string of the molecule is CCCN(CCC)CCc1ccc(NC(=O)c2ccc(C)c(Cc3nccc(-c4cccnc4)n3)c2)cc1. The van der Waals surface area contributed by atoms with Gasteiger partial charge in [0.15, 0.2) is 0 Å². The van der Waals surface area contributed by atoms with Crippen LogP contribution in [-0.4, -0.2) is 45.4 Å². The van der Waals surface area contributed by atoms with Crippen molar-refractivity contribution >= 4 is 11.6 Å². The summed E-state index contributed by atoms with van der Waals surface area (Å²) in [6.45, 7) is 9.85. The molecule has 0 radical (unpaired) electrons. The second-order valence-electron chi connectivity index (χ2n) is 9.66. The molecule has 0 bridgehead atoms. The summed E-state index contributed by atoms with van der Waals surface area (Å²) in [6.07, 6.45) is 9.22. The van der Waals surface area contributed by atoms with Gasteiger partial charge in [-0.3, -0.25) is 9.78 Å². The van der Waals surface area contributed by atoms with Crippen molar-refractivity contribution in [2.45, 2.75) is 46.5 Å². The maximum atomic E-state index is 13.1. The van der Waals surface area contributed by atoms with Crippen LogP contribution in [-0.2, 0) is 12.8 Å². The van der Waals surface area contributed by atoms with Gasteiger partial charge in [0.2, 0.25) is 0 Å². The minimum absolute atomic E-state index is 0.124. The van der Waals surface area contributed by atoms with Gasteiger partial charge in [0.25, 0.3) is 5.91 Å². The largest absolute Gasteiger partial charge is 0.322 e. The first-order valence-corrected chi connectivity index (χ1v) is 13.5. The van der Waals surface area contributed by atoms with Gasteiger partial charge in [-0.1, -0.05) is 32.0 Å². The van der Waals surface area contributed by atoms with Crippen LogP contribution in [0.3, 0.4) is 0 Å². The van der Waals surface area contributed by atoms with E-state index in [1.165, 1.54) is 18.4 Å². The summed E-state index contributed by atoms with van der Waals surface area (Å²) in [5, 5.41) is 3.04. The van der Waals surface area contributed by atoms with E-state index in [9.17, 15) is 4.79 Å². The summed E-state index contributed by atoms with van der Waals surface area (Å²) >= 11 is 0. The van der Waals surface area contributed by atoms with Crippen LogP contribution >= 0.6 is 0 Å². The molecule has 2 aromatic heterocycles. The lowest BCUT2D eigenvalue weighted by atomic mass is 10.0. The summed E-state index contributed by atoms with van der Waals surface area (Å²) in [4.78, 5) is 28.9. The fourth-order valence-corrected chi connectivity index (χ4v) is 4.55. The number of aromatic nitrogens is 3. The second kappa shape index (κ2) is 13.6. The highest BCUT2D eigenvalue weighted by atomic mass is 16.1. The number of hydrogen-bond acceptors (Lipinski definition) is 5. The van der Waals surface area contributed by atoms with Crippen molar-refractivity contribution in [3.63, 3.8) is 0 Å². The van der Waals surface area contributed by atoms with E-state index >= 15 is 0 Å². The zero-order chi connectivity index (χ0) is 26.7. The number of nitrogens with one attached hydrogen (secondary N) is 1. The van der Waals surface area contributed by atoms with Gasteiger partial charge in [0.1, 0.15) is 5.82 Å². The molecule has 6 heteroatoms. The van der Waals surface area contributed by atoms with Crippen molar-refractivity contribution in [1.29, 1.82) is 0 Å². The van der Waals surface area contributed by atoms with Crippen LogP contribution in [0.25, 0.3) is 11.3 Å². The summed E-state index contributed by atoms with van der Waals surface area (Å²) in [5.41, 5.74) is 6.61. The van der Waals surface area contributed by atoms with E-state index < -0.39 is 0 Å². The van der Waals surface area contributed by atoms with Crippen LogP contribution in [0.15, 0.2) is 79.3 Å². The Morgan fingerprint density at radius 3 is 2.42 bits per heavy atom. The third kappa shape index (κ3) is 7.56. The van der Waals surface area contributed by atoms with E-state index in [0.29, 0.717) is 17.8 Å². The Kier molecular flexibility index (Phi) is 9.71. The highest BCUT2D eigenvalue weighted by Gasteiger charge is 2.11. The maximum absolute atomic E-state index is 13.1. The van der Waals surface area contributed by atoms with Gasteiger partial charge in [-0.25, -0.2) is 9.97 Å². The minimum atomic E-state index is -0.124. The van der Waals surface area contributed by atoms with Crippen molar-refractivity contribution in [2.75, 3.05) is 25.0 Å². The first-order valence-electron chi connectivity index (χ1n) is 13.5. The average Bonchev–Trinajstić information content (AvgIpc) is 2.94. The molecule has 1 amide bonds. The lowest BCUT2D eigenvalue weighted by Gasteiger charge is -2.20. The number of benzene rings is 2. The smallest absolute Gasteiger partial charge is 0.255 e. The molecule has 196 valence electrons. The summed E-state index contributed by atoms with van der Waals surface area (Å²) in [5.74, 6) is 0.583. The summed E-state index contributed by atoms with van der Waals surface area (Å²) < 4.78 is 0. The molecule has 6 nitrogen and oxygen atoms in total. The van der Waals surface area contributed by atoms with Crippen LogP contribution in [0.5, 0.6) is 0 Å². The van der Waals surface area contributed by atoms with Crippen molar-refractivity contribution in [3.05, 3.63) is 107 Å². The molecule has 0 saturated carbocycles. The molecule has 2 aromatic carbocycles. The molecule has 0 aliphatic rings. The van der Waals surface area contributed by atoms with E-state index in [-0.39, 0.29) is 5.91 Å². The Bertz CT molecular complexity index is 1320. The number of rotatable bonds is 12. The molecule has 0 atom stereocenters. The molecular formula is C32H37N5O. The van der Waals surface area contributed by atoms with Crippen molar-refractivity contribution in [2.24, 2.45) is 0 Å². The van der Waals surface area contributed by atoms with E-state index in [0.717, 1.165) is 54.1 Å². The minimum Gasteiger partial charge on any atom is -0.322 e. The Labute approximate surface area is 226 Å². The number of aryl methyl sites for hydroxylation is 1. The average molecular weight is 508 g/mol. The van der Waals surface area contributed by atoms with E-state index in [2.05, 4.69) is 46.2 Å². The predicted octanol–water partition coefficient (Wildman–Crippen LogP) is 6.35. The molecule has 4 aromatic rings. The zero-order valence-electron chi connectivity index (χ0n) is 22.7. The van der Waals surface area contributed by atoms with E-state index in [1.807, 2.05) is 55.5 Å². The number of pyridine rings is 1. The van der Waals surface area contributed by atoms with Gasteiger partial charge < -0.3 is 10.2 Å². The Morgan fingerprint density at radius 2 is 1.71 bits per heavy atom. The van der Waals surface area contributed by atoms with Crippen molar-refractivity contribution in [3.8, 4) is 11.3 Å². The number of nitrogens with zero attached hydrogens (tertiary/aromatic N) is 4. The van der Waals surface area contributed by atoms with E-state index in [4.69, 9.17) is 4.98 Å². The molecule has 0 aliphatic heterocycles. The van der Waals surface area contributed by atoms with E-state index in [1.54, 1.807) is 18.6 Å². The molecule has 0 spiro atoms. The highest BCUT2D eigenvalue weighted by molar-refractivity contribution is 6.04. The van der Waals surface area contributed by atoms with Gasteiger partial charge in [-0.15, -0.1) is 0 Å². The van der Waals surface area contributed by atoms with Crippen LogP contribution < -0.4 is 5.32 Å². The van der Waals surface area contributed by atoms with Crippen LogP contribution in [0, 0.1) is 6.92 Å². The first kappa shape index (κ1) is 27.1. The third-order valence-electron chi connectivity index (χ3n) is 6.63. The molecule has 38 heavy (non-hydrogen) atoms. The fraction of sp³-hybridized carbons (Fsp3) is 0.312. The van der Waals surface area contributed by atoms with Crippen molar-refractivity contribution < 1.29 is 4.79 Å². The summed E-state index contributed by atoms with van der Waals surface area (Å²) in [6, 6.07) is 19.7. The highest BCUT2D eigenvalue weighted by Crippen LogP contribution is 2.19. The Hall–Kier alpha value is -3.90. The molecule has 4 rings (SSSR count). The molecule has 2 heterocycles. The molecule has 0 aliphatic carbocycles. The lowest BCUT2D eigenvalue weighted by molar-refractivity contribution is 0.102. The standard InChI is InChI=1S/C32H37N5O/c1-4-18-37(19-5-2)20-15-25-9-12-29(13-10-25)35-32(38)26-11-8-24(3)28(21-26)22-31-34-17-14-30(36-31)27-7-6-16-33-23-27/h6-14,16-17,21,23H,4-5,15,18-20,22H2,1-3H3,(H,35,38). The Morgan fingerprint density at radius 1 is 0.921 bits per heavy atom. The van der Waals surface area contributed by atoms with Crippen LogP contribution in [0.1, 0.15) is 59.6 Å².